The number of aromatic nitrogens is 5. The number of anilines is 1. The molecular weight excluding hydrogens is 280 g/mol. The first-order chi connectivity index (χ1) is 10.6. The van der Waals surface area contributed by atoms with Crippen LogP contribution < -0.4 is 5.73 Å². The van der Waals surface area contributed by atoms with Gasteiger partial charge in [-0.05, 0) is 38.0 Å². The summed E-state index contributed by atoms with van der Waals surface area (Å²) in [6, 6.07) is 5.48. The Balaban J connectivity index is 1.89. The van der Waals surface area contributed by atoms with Crippen molar-refractivity contribution in [1.82, 2.24) is 25.0 Å². The lowest BCUT2D eigenvalue weighted by molar-refractivity contribution is 0.0949. The van der Waals surface area contributed by atoms with Crippen molar-refractivity contribution in [2.75, 3.05) is 5.73 Å². The minimum absolute atomic E-state index is 0.297. The van der Waals surface area contributed by atoms with Gasteiger partial charge in [0.05, 0.1) is 22.8 Å². The van der Waals surface area contributed by atoms with Crippen LogP contribution in [0.2, 0.25) is 0 Å². The van der Waals surface area contributed by atoms with E-state index < -0.39 is 0 Å². The molecule has 1 fully saturated rings. The number of fused-ring (bicyclic) bond motifs is 1. The molecule has 7 nitrogen and oxygen atoms in total. The average molecular weight is 294 g/mol. The second-order valence-electron chi connectivity index (χ2n) is 5.51. The molecule has 0 radical (unpaired) electrons. The molecule has 0 bridgehead atoms. The zero-order valence-corrected chi connectivity index (χ0v) is 12.0. The van der Waals surface area contributed by atoms with Crippen molar-refractivity contribution in [2.45, 2.75) is 25.7 Å². The van der Waals surface area contributed by atoms with Gasteiger partial charge in [-0.1, -0.05) is 0 Å². The Morgan fingerprint density at radius 3 is 2.86 bits per heavy atom. The fourth-order valence-corrected chi connectivity index (χ4v) is 2.52. The minimum atomic E-state index is -0.297. The third kappa shape index (κ3) is 1.93. The number of rotatable bonds is 2. The second kappa shape index (κ2) is 4.59. The molecule has 0 amide bonds. The molecule has 0 aliphatic heterocycles. The minimum Gasteiger partial charge on any atom is -0.382 e. The molecule has 3 aromatic rings. The van der Waals surface area contributed by atoms with Gasteiger partial charge in [-0.3, -0.25) is 4.79 Å². The summed E-state index contributed by atoms with van der Waals surface area (Å²) in [7, 11) is 0. The van der Waals surface area contributed by atoms with Crippen LogP contribution in [0.4, 0.5) is 5.82 Å². The van der Waals surface area contributed by atoms with Gasteiger partial charge in [0.25, 0.3) is 5.91 Å². The molecule has 7 heteroatoms. The van der Waals surface area contributed by atoms with Crippen molar-refractivity contribution in [3.05, 3.63) is 41.3 Å². The van der Waals surface area contributed by atoms with Gasteiger partial charge < -0.3 is 5.73 Å². The van der Waals surface area contributed by atoms with Gasteiger partial charge in [0.15, 0.2) is 11.5 Å². The van der Waals surface area contributed by atoms with E-state index in [0.717, 1.165) is 18.5 Å². The lowest BCUT2D eigenvalue weighted by atomic mass is 10.2. The van der Waals surface area contributed by atoms with Crippen LogP contribution in [0.5, 0.6) is 0 Å². The molecule has 3 heterocycles. The second-order valence-corrected chi connectivity index (χ2v) is 5.51. The number of pyridine rings is 1. The fraction of sp³-hybridized carbons (Fsp3) is 0.267. The Hall–Kier alpha value is -2.83. The van der Waals surface area contributed by atoms with Crippen LogP contribution >= 0.6 is 0 Å². The Morgan fingerprint density at radius 2 is 2.14 bits per heavy atom. The number of nitrogens with two attached hydrogens (primary N) is 1. The van der Waals surface area contributed by atoms with Gasteiger partial charge in [-0.15, -0.1) is 5.10 Å². The van der Waals surface area contributed by atoms with E-state index in [1.54, 1.807) is 13.0 Å². The molecule has 1 aliphatic rings. The average Bonchev–Trinajstić information content (AvgIpc) is 3.32. The van der Waals surface area contributed by atoms with Crippen LogP contribution in [0.1, 0.15) is 40.5 Å². The summed E-state index contributed by atoms with van der Waals surface area (Å²) in [4.78, 5) is 17.3. The van der Waals surface area contributed by atoms with E-state index >= 15 is 0 Å². The van der Waals surface area contributed by atoms with Crippen molar-refractivity contribution < 1.29 is 4.79 Å². The van der Waals surface area contributed by atoms with Gasteiger partial charge in [-0.25, -0.2) is 4.98 Å². The quantitative estimate of drug-likeness (QED) is 0.772. The molecule has 0 atom stereocenters. The third-order valence-corrected chi connectivity index (χ3v) is 3.90. The van der Waals surface area contributed by atoms with Crippen molar-refractivity contribution in [3.8, 4) is 0 Å². The third-order valence-electron chi connectivity index (χ3n) is 3.90. The van der Waals surface area contributed by atoms with Crippen molar-refractivity contribution in [1.29, 1.82) is 0 Å². The van der Waals surface area contributed by atoms with Gasteiger partial charge in [-0.2, -0.15) is 14.9 Å². The Labute approximate surface area is 126 Å². The fourth-order valence-electron chi connectivity index (χ4n) is 2.52. The van der Waals surface area contributed by atoms with Gasteiger partial charge in [0, 0.05) is 11.6 Å². The summed E-state index contributed by atoms with van der Waals surface area (Å²) in [5, 5.41) is 12.5. The van der Waals surface area contributed by atoms with E-state index in [4.69, 9.17) is 5.73 Å². The van der Waals surface area contributed by atoms with E-state index in [0.29, 0.717) is 34.0 Å². The maximum Gasteiger partial charge on any atom is 0.282 e. The SMILES string of the molecule is Cc1nnccc1C(=O)n1nc(N)c2ccc(C3CC3)nc21. The molecule has 22 heavy (non-hydrogen) atoms. The molecule has 0 spiro atoms. The zero-order valence-electron chi connectivity index (χ0n) is 12.0. The van der Waals surface area contributed by atoms with Gasteiger partial charge in [0.1, 0.15) is 0 Å². The first-order valence-electron chi connectivity index (χ1n) is 7.13. The van der Waals surface area contributed by atoms with E-state index in [1.807, 2.05) is 12.1 Å². The Kier molecular flexibility index (Phi) is 2.69. The normalized spacial score (nSPS) is 14.4. The molecule has 0 saturated heterocycles. The van der Waals surface area contributed by atoms with Crippen molar-refractivity contribution in [3.63, 3.8) is 0 Å². The van der Waals surface area contributed by atoms with E-state index in [2.05, 4.69) is 20.3 Å². The zero-order chi connectivity index (χ0) is 15.3. The van der Waals surface area contributed by atoms with Crippen LogP contribution in [-0.4, -0.2) is 30.9 Å². The Bertz CT molecular complexity index is 896. The smallest absolute Gasteiger partial charge is 0.282 e. The highest BCUT2D eigenvalue weighted by molar-refractivity contribution is 6.02. The molecule has 4 rings (SSSR count). The lowest BCUT2D eigenvalue weighted by Crippen LogP contribution is -2.16. The van der Waals surface area contributed by atoms with E-state index in [-0.39, 0.29) is 5.91 Å². The highest BCUT2D eigenvalue weighted by atomic mass is 16.2. The highest BCUT2D eigenvalue weighted by Gasteiger charge is 2.27. The predicted molar refractivity (Wildman–Crippen MR) is 80.4 cm³/mol. The van der Waals surface area contributed by atoms with E-state index in [9.17, 15) is 4.79 Å². The highest BCUT2D eigenvalue weighted by Crippen LogP contribution is 2.39. The number of carbonyl (C=O) groups is 1. The Morgan fingerprint density at radius 1 is 1.32 bits per heavy atom. The number of aryl methyl sites for hydroxylation is 1. The van der Waals surface area contributed by atoms with Crippen molar-refractivity contribution >= 4 is 22.8 Å². The predicted octanol–water partition coefficient (Wildman–Crippen LogP) is 1.68. The summed E-state index contributed by atoms with van der Waals surface area (Å²) in [6.45, 7) is 1.73. The summed E-state index contributed by atoms with van der Waals surface area (Å²) in [5.74, 6) is 0.501. The van der Waals surface area contributed by atoms with E-state index in [1.165, 1.54) is 10.9 Å². The van der Waals surface area contributed by atoms with Crippen LogP contribution in [0.3, 0.4) is 0 Å². The molecular formula is C15H14N6O. The standard InChI is InChI=1S/C15H14N6O/c1-8-10(6-7-17-19-8)15(22)21-14-11(13(16)20-21)4-5-12(18-14)9-2-3-9/h4-7,9H,2-3H2,1H3,(H2,16,20). The summed E-state index contributed by atoms with van der Waals surface area (Å²) in [6.07, 6.45) is 3.77. The molecule has 1 aliphatic carbocycles. The molecule has 2 N–H and O–H groups in total. The lowest BCUT2D eigenvalue weighted by Gasteiger charge is -2.04. The molecule has 3 aromatic heterocycles. The van der Waals surface area contributed by atoms with Crippen LogP contribution in [-0.2, 0) is 0 Å². The number of nitrogens with zero attached hydrogens (tertiary/aromatic N) is 5. The molecule has 0 aromatic carbocycles. The van der Waals surface area contributed by atoms with Crippen LogP contribution in [0.15, 0.2) is 24.4 Å². The number of hydrogen-bond donors (Lipinski definition) is 1. The molecule has 0 unspecified atom stereocenters. The first kappa shape index (κ1) is 12.9. The maximum atomic E-state index is 12.7. The summed E-state index contributed by atoms with van der Waals surface area (Å²) in [5.41, 5.74) is 8.41. The topological polar surface area (TPSA) is 99.6 Å². The first-order valence-corrected chi connectivity index (χ1v) is 7.13. The van der Waals surface area contributed by atoms with Crippen LogP contribution in [0.25, 0.3) is 11.0 Å². The largest absolute Gasteiger partial charge is 0.382 e. The van der Waals surface area contributed by atoms with Gasteiger partial charge in [0.2, 0.25) is 0 Å². The number of carbonyl (C=O) groups excluding carboxylic acids is 1. The summed E-state index contributed by atoms with van der Waals surface area (Å²) < 4.78 is 1.26. The maximum absolute atomic E-state index is 12.7. The number of nitrogen functional groups attached to an aromatic ring is 1. The number of hydrogen-bond acceptors (Lipinski definition) is 6. The molecule has 110 valence electrons. The van der Waals surface area contributed by atoms with Gasteiger partial charge >= 0.3 is 0 Å². The summed E-state index contributed by atoms with van der Waals surface area (Å²) >= 11 is 0. The monoisotopic (exact) mass is 294 g/mol. The molecule has 1 saturated carbocycles. The van der Waals surface area contributed by atoms with Crippen LogP contribution in [0, 0.1) is 6.92 Å². The van der Waals surface area contributed by atoms with Crippen molar-refractivity contribution in [2.24, 2.45) is 0 Å².